The van der Waals surface area contributed by atoms with E-state index in [0.29, 0.717) is 0 Å². The van der Waals surface area contributed by atoms with Crippen LogP contribution in [-0.4, -0.2) is 0 Å². The predicted molar refractivity (Wildman–Crippen MR) is 35.4 cm³/mol. The van der Waals surface area contributed by atoms with E-state index in [4.69, 9.17) is 0 Å². The molecular formula is C7H8N-. The topological polar surface area (TPSA) is 14.1 Å². The van der Waals surface area contributed by atoms with E-state index in [2.05, 4.69) is 5.32 Å². The molecular weight excluding hydrogens is 98.1 g/mol. The lowest BCUT2D eigenvalue weighted by atomic mass is 10.3. The summed E-state index contributed by atoms with van der Waals surface area (Å²) in [5.74, 6) is 0. The van der Waals surface area contributed by atoms with Crippen molar-refractivity contribution in [3.05, 3.63) is 41.5 Å². The third kappa shape index (κ3) is 0.997. The van der Waals surface area contributed by atoms with Gasteiger partial charge in [0.15, 0.2) is 0 Å². The number of hydrogen-bond acceptors (Lipinski definition) is 0. The second-order valence-corrected chi connectivity index (χ2v) is 1.54. The lowest BCUT2D eigenvalue weighted by Gasteiger charge is -2.19. The minimum atomic E-state index is 1.03. The van der Waals surface area contributed by atoms with Crippen LogP contribution >= 0.6 is 0 Å². The fourth-order valence-electron chi connectivity index (χ4n) is 0.547. The monoisotopic (exact) mass is 106 g/mol. The molecule has 0 amide bonds. The van der Waals surface area contributed by atoms with Crippen LogP contribution in [0.25, 0.3) is 5.32 Å². The first-order valence-corrected chi connectivity index (χ1v) is 2.64. The molecule has 1 heteroatoms. The molecule has 0 aromatic carbocycles. The zero-order chi connectivity index (χ0) is 5.82. The van der Waals surface area contributed by atoms with Crippen molar-refractivity contribution in [1.29, 1.82) is 0 Å². The van der Waals surface area contributed by atoms with Gasteiger partial charge in [0, 0.05) is 0 Å². The van der Waals surface area contributed by atoms with E-state index in [1.165, 1.54) is 0 Å². The molecule has 0 unspecified atom stereocenters. The Bertz CT molecular complexity index is 152. The second-order valence-electron chi connectivity index (χ2n) is 1.54. The molecule has 0 saturated carbocycles. The van der Waals surface area contributed by atoms with Crippen molar-refractivity contribution in [2.24, 2.45) is 0 Å². The Labute approximate surface area is 49.4 Å². The molecule has 42 valence electrons. The minimum absolute atomic E-state index is 1.03. The Morgan fingerprint density at radius 3 is 2.75 bits per heavy atom. The van der Waals surface area contributed by atoms with Gasteiger partial charge in [-0.1, -0.05) is 18.2 Å². The summed E-state index contributed by atoms with van der Waals surface area (Å²) in [5, 5.41) is 4.04. The molecule has 8 heavy (non-hydrogen) atoms. The van der Waals surface area contributed by atoms with Gasteiger partial charge < -0.3 is 5.32 Å². The van der Waals surface area contributed by atoms with E-state index in [1.54, 1.807) is 6.20 Å². The van der Waals surface area contributed by atoms with Crippen molar-refractivity contribution in [3.63, 3.8) is 0 Å². The molecule has 0 aliphatic carbocycles. The van der Waals surface area contributed by atoms with Gasteiger partial charge in [0.05, 0.1) is 0 Å². The summed E-state index contributed by atoms with van der Waals surface area (Å²) in [6.45, 7) is 1.97. The van der Waals surface area contributed by atoms with Crippen LogP contribution in [0.5, 0.6) is 0 Å². The minimum Gasteiger partial charge on any atom is -0.664 e. The third-order valence-corrected chi connectivity index (χ3v) is 0.984. The van der Waals surface area contributed by atoms with Crippen molar-refractivity contribution >= 4 is 0 Å². The SMILES string of the molecule is C/C=C1/C=CC=C[N-]1. The van der Waals surface area contributed by atoms with Crippen LogP contribution in [-0.2, 0) is 0 Å². The summed E-state index contributed by atoms with van der Waals surface area (Å²) >= 11 is 0. The number of allylic oxidation sites excluding steroid dienone is 4. The molecule has 0 aromatic heterocycles. The molecule has 0 saturated heterocycles. The average Bonchev–Trinajstić information content (AvgIpc) is 1.90. The highest BCUT2D eigenvalue weighted by molar-refractivity contribution is 5.39. The van der Waals surface area contributed by atoms with Gasteiger partial charge in [-0.3, -0.25) is 0 Å². The van der Waals surface area contributed by atoms with Gasteiger partial charge in [-0.25, -0.2) is 0 Å². The van der Waals surface area contributed by atoms with Crippen LogP contribution < -0.4 is 0 Å². The lowest BCUT2D eigenvalue weighted by Crippen LogP contribution is -1.74. The third-order valence-electron chi connectivity index (χ3n) is 0.984. The van der Waals surface area contributed by atoms with Crippen LogP contribution in [0, 0.1) is 0 Å². The smallest absolute Gasteiger partial charge is 0.0479 e. The van der Waals surface area contributed by atoms with Gasteiger partial charge in [-0.15, -0.1) is 11.8 Å². The zero-order valence-corrected chi connectivity index (χ0v) is 4.83. The fraction of sp³-hybridized carbons (Fsp3) is 0.143. The summed E-state index contributed by atoms with van der Waals surface area (Å²) in [6, 6.07) is 0. The Hall–Kier alpha value is -0.980. The Morgan fingerprint density at radius 2 is 2.38 bits per heavy atom. The van der Waals surface area contributed by atoms with Crippen molar-refractivity contribution in [2.45, 2.75) is 6.92 Å². The fourth-order valence-corrected chi connectivity index (χ4v) is 0.547. The summed E-state index contributed by atoms with van der Waals surface area (Å²) in [4.78, 5) is 0. The molecule has 1 aliphatic heterocycles. The molecule has 0 atom stereocenters. The predicted octanol–water partition coefficient (Wildman–Crippen LogP) is 2.35. The van der Waals surface area contributed by atoms with Gasteiger partial charge in [0.1, 0.15) is 0 Å². The lowest BCUT2D eigenvalue weighted by molar-refractivity contribution is 1.51. The quantitative estimate of drug-likeness (QED) is 0.450. The van der Waals surface area contributed by atoms with Gasteiger partial charge in [-0.2, -0.15) is 6.20 Å². The van der Waals surface area contributed by atoms with Crippen LogP contribution in [0.3, 0.4) is 0 Å². The first kappa shape index (κ1) is 5.16. The van der Waals surface area contributed by atoms with Crippen molar-refractivity contribution in [3.8, 4) is 0 Å². The summed E-state index contributed by atoms with van der Waals surface area (Å²) in [5.41, 5.74) is 1.03. The van der Waals surface area contributed by atoms with Gasteiger partial charge in [0.2, 0.25) is 0 Å². The normalized spacial score (nSPS) is 21.4. The maximum Gasteiger partial charge on any atom is -0.0479 e. The van der Waals surface area contributed by atoms with E-state index >= 15 is 0 Å². The average molecular weight is 106 g/mol. The molecule has 1 heterocycles. The first-order valence-electron chi connectivity index (χ1n) is 2.64. The largest absolute Gasteiger partial charge is 0.664 e. The van der Waals surface area contributed by atoms with E-state index in [9.17, 15) is 0 Å². The Morgan fingerprint density at radius 1 is 1.50 bits per heavy atom. The van der Waals surface area contributed by atoms with Gasteiger partial charge >= 0.3 is 0 Å². The summed E-state index contributed by atoms with van der Waals surface area (Å²) in [7, 11) is 0. The summed E-state index contributed by atoms with van der Waals surface area (Å²) in [6.07, 6.45) is 9.62. The van der Waals surface area contributed by atoms with E-state index < -0.39 is 0 Å². The van der Waals surface area contributed by atoms with Crippen LogP contribution in [0.15, 0.2) is 36.2 Å². The molecule has 0 aromatic rings. The van der Waals surface area contributed by atoms with E-state index in [1.807, 2.05) is 31.2 Å². The standard InChI is InChI=1S/C7H8N/c1-2-7-5-3-4-6-8-7/h2-6H,1H3/q-1/b7-2-. The van der Waals surface area contributed by atoms with Gasteiger partial charge in [-0.05, 0) is 6.92 Å². The molecule has 1 rings (SSSR count). The zero-order valence-electron chi connectivity index (χ0n) is 4.83. The molecule has 0 radical (unpaired) electrons. The highest BCUT2D eigenvalue weighted by Crippen LogP contribution is 2.11. The first-order chi connectivity index (χ1) is 3.93. The van der Waals surface area contributed by atoms with Crippen molar-refractivity contribution in [1.82, 2.24) is 0 Å². The molecule has 1 nitrogen and oxygen atoms in total. The number of hydrogen-bond donors (Lipinski definition) is 0. The van der Waals surface area contributed by atoms with Crippen molar-refractivity contribution < 1.29 is 0 Å². The number of rotatable bonds is 0. The van der Waals surface area contributed by atoms with Gasteiger partial charge in [0.25, 0.3) is 0 Å². The molecule has 0 spiro atoms. The van der Waals surface area contributed by atoms with E-state index in [0.717, 1.165) is 5.70 Å². The molecule has 0 N–H and O–H groups in total. The highest BCUT2D eigenvalue weighted by Gasteiger charge is 1.72. The van der Waals surface area contributed by atoms with Crippen LogP contribution in [0.4, 0.5) is 0 Å². The van der Waals surface area contributed by atoms with Crippen LogP contribution in [0.1, 0.15) is 6.92 Å². The maximum absolute atomic E-state index is 4.04. The Balaban J connectivity index is 2.66. The molecule has 0 fully saturated rings. The summed E-state index contributed by atoms with van der Waals surface area (Å²) < 4.78 is 0. The second kappa shape index (κ2) is 2.36. The maximum atomic E-state index is 4.04. The Kier molecular flexibility index (Phi) is 1.52. The molecule has 1 aliphatic rings. The van der Waals surface area contributed by atoms with Crippen molar-refractivity contribution in [2.75, 3.05) is 0 Å². The number of nitrogens with zero attached hydrogens (tertiary/aromatic N) is 1. The van der Waals surface area contributed by atoms with Crippen LogP contribution in [0.2, 0.25) is 0 Å². The molecule has 0 bridgehead atoms. The highest BCUT2D eigenvalue weighted by atomic mass is 14.8. The van der Waals surface area contributed by atoms with E-state index in [-0.39, 0.29) is 0 Å².